The van der Waals surface area contributed by atoms with Crippen LogP contribution in [-0.4, -0.2) is 4.57 Å². The highest BCUT2D eigenvalue weighted by Gasteiger charge is 2.10. The Hall–Kier alpha value is -2.29. The molecule has 2 aromatic carbocycles. The van der Waals surface area contributed by atoms with E-state index in [0.29, 0.717) is 12.1 Å². The average Bonchev–Trinajstić information content (AvgIpc) is 2.70. The molecule has 0 saturated carbocycles. The lowest BCUT2D eigenvalue weighted by molar-refractivity contribution is 0.516. The van der Waals surface area contributed by atoms with Crippen molar-refractivity contribution in [2.24, 2.45) is 0 Å². The van der Waals surface area contributed by atoms with Gasteiger partial charge in [-0.3, -0.25) is 4.57 Å². The van der Waals surface area contributed by atoms with Crippen molar-refractivity contribution in [1.29, 1.82) is 0 Å². The fraction of sp³-hybridized carbons (Fsp3) is 0.133. The molecule has 1 aromatic heterocycles. The summed E-state index contributed by atoms with van der Waals surface area (Å²) < 4.78 is 6.97. The molecule has 0 amide bonds. The molecule has 0 radical (unpaired) electrons. The summed E-state index contributed by atoms with van der Waals surface area (Å²) in [5, 5.41) is 0. The zero-order valence-electron chi connectivity index (χ0n) is 10.1. The van der Waals surface area contributed by atoms with Crippen LogP contribution in [0.5, 0.6) is 0 Å². The first-order valence-corrected chi connectivity index (χ1v) is 5.88. The van der Waals surface area contributed by atoms with Crippen LogP contribution in [0, 0.1) is 6.92 Å². The Kier molecular flexibility index (Phi) is 2.52. The summed E-state index contributed by atoms with van der Waals surface area (Å²) in [7, 11) is 0. The fourth-order valence-corrected chi connectivity index (χ4v) is 2.14. The highest BCUT2D eigenvalue weighted by molar-refractivity contribution is 5.76. The smallest absolute Gasteiger partial charge is 0.407 e. The van der Waals surface area contributed by atoms with E-state index in [1.54, 1.807) is 4.57 Å². The quantitative estimate of drug-likeness (QED) is 0.689. The summed E-state index contributed by atoms with van der Waals surface area (Å²) in [6.45, 7) is 2.48. The van der Waals surface area contributed by atoms with Gasteiger partial charge in [-0.1, -0.05) is 42.5 Å². The van der Waals surface area contributed by atoms with E-state index in [9.17, 15) is 4.79 Å². The Labute approximate surface area is 104 Å². The van der Waals surface area contributed by atoms with E-state index in [1.807, 2.05) is 55.5 Å². The van der Waals surface area contributed by atoms with Crippen LogP contribution in [0.1, 0.15) is 11.1 Å². The molecule has 0 saturated heterocycles. The fourth-order valence-electron chi connectivity index (χ4n) is 2.14. The molecular formula is C15H13NO2. The van der Waals surface area contributed by atoms with Gasteiger partial charge in [0.1, 0.15) is 0 Å². The van der Waals surface area contributed by atoms with Crippen LogP contribution in [0.4, 0.5) is 0 Å². The molecule has 0 aliphatic rings. The van der Waals surface area contributed by atoms with Crippen molar-refractivity contribution in [3.63, 3.8) is 0 Å². The molecule has 0 unspecified atom stereocenters. The van der Waals surface area contributed by atoms with Crippen molar-refractivity contribution >= 4 is 11.1 Å². The number of para-hydroxylation sites is 1. The van der Waals surface area contributed by atoms with E-state index in [1.165, 1.54) is 0 Å². The second-order valence-electron chi connectivity index (χ2n) is 4.36. The Bertz CT molecular complexity index is 738. The third-order valence-electron chi connectivity index (χ3n) is 3.08. The van der Waals surface area contributed by atoms with Gasteiger partial charge in [0.2, 0.25) is 0 Å². The third-order valence-corrected chi connectivity index (χ3v) is 3.08. The lowest BCUT2D eigenvalue weighted by Gasteiger charge is -2.02. The molecule has 0 atom stereocenters. The first-order valence-electron chi connectivity index (χ1n) is 5.88. The maximum absolute atomic E-state index is 11.9. The normalized spacial score (nSPS) is 10.9. The zero-order chi connectivity index (χ0) is 12.5. The van der Waals surface area contributed by atoms with Crippen LogP contribution in [0.15, 0.2) is 57.7 Å². The number of nitrogens with zero attached hydrogens (tertiary/aromatic N) is 1. The highest BCUT2D eigenvalue weighted by Crippen LogP contribution is 2.17. The number of hydrogen-bond donors (Lipinski definition) is 0. The molecule has 0 fully saturated rings. The second kappa shape index (κ2) is 4.18. The van der Waals surface area contributed by atoms with Crippen LogP contribution >= 0.6 is 0 Å². The van der Waals surface area contributed by atoms with E-state index in [-0.39, 0.29) is 5.76 Å². The van der Waals surface area contributed by atoms with Gasteiger partial charge in [0.15, 0.2) is 5.58 Å². The minimum atomic E-state index is -0.303. The number of rotatable bonds is 2. The molecule has 0 bridgehead atoms. The first kappa shape index (κ1) is 10.8. The first-order chi connectivity index (χ1) is 8.75. The van der Waals surface area contributed by atoms with Gasteiger partial charge in [0.25, 0.3) is 0 Å². The maximum atomic E-state index is 11.9. The zero-order valence-corrected chi connectivity index (χ0v) is 10.1. The summed E-state index contributed by atoms with van der Waals surface area (Å²) in [4.78, 5) is 11.9. The molecule has 3 nitrogen and oxygen atoms in total. The Balaban J connectivity index is 2.15. The van der Waals surface area contributed by atoms with E-state index < -0.39 is 0 Å². The van der Waals surface area contributed by atoms with Crippen molar-refractivity contribution in [2.45, 2.75) is 13.5 Å². The lowest BCUT2D eigenvalue weighted by Crippen LogP contribution is -2.14. The third kappa shape index (κ3) is 1.74. The molecule has 3 aromatic rings. The Morgan fingerprint density at radius 1 is 1.06 bits per heavy atom. The van der Waals surface area contributed by atoms with Crippen molar-refractivity contribution in [3.05, 3.63) is 70.2 Å². The van der Waals surface area contributed by atoms with Gasteiger partial charge in [-0.2, -0.15) is 0 Å². The van der Waals surface area contributed by atoms with Crippen molar-refractivity contribution in [2.75, 3.05) is 0 Å². The van der Waals surface area contributed by atoms with Crippen LogP contribution in [0.2, 0.25) is 0 Å². The predicted octanol–water partition coefficient (Wildman–Crippen LogP) is 2.95. The summed E-state index contributed by atoms with van der Waals surface area (Å²) in [6.07, 6.45) is 0. The monoisotopic (exact) mass is 239 g/mol. The van der Waals surface area contributed by atoms with Gasteiger partial charge < -0.3 is 4.42 Å². The van der Waals surface area contributed by atoms with E-state index in [4.69, 9.17) is 4.42 Å². The lowest BCUT2D eigenvalue weighted by atomic mass is 10.2. The van der Waals surface area contributed by atoms with Crippen molar-refractivity contribution in [1.82, 2.24) is 4.57 Å². The van der Waals surface area contributed by atoms with Crippen molar-refractivity contribution in [3.8, 4) is 0 Å². The molecule has 0 aliphatic carbocycles. The van der Waals surface area contributed by atoms with Gasteiger partial charge in [-0.15, -0.1) is 0 Å². The molecule has 3 rings (SSSR count). The highest BCUT2D eigenvalue weighted by atomic mass is 16.4. The minimum Gasteiger partial charge on any atom is -0.407 e. The topological polar surface area (TPSA) is 35.1 Å². The summed E-state index contributed by atoms with van der Waals surface area (Å²) in [6, 6.07) is 15.7. The maximum Gasteiger partial charge on any atom is 0.420 e. The SMILES string of the molecule is Cc1cccc2c1oc(=O)n2Cc1ccccc1. The largest absolute Gasteiger partial charge is 0.420 e. The number of aryl methyl sites for hydroxylation is 1. The number of benzene rings is 2. The van der Waals surface area contributed by atoms with Gasteiger partial charge in [0.05, 0.1) is 12.1 Å². The van der Waals surface area contributed by atoms with Gasteiger partial charge >= 0.3 is 5.76 Å². The number of oxazole rings is 1. The molecule has 90 valence electrons. The van der Waals surface area contributed by atoms with Crippen LogP contribution in [0.3, 0.4) is 0 Å². The molecule has 18 heavy (non-hydrogen) atoms. The van der Waals surface area contributed by atoms with E-state index in [0.717, 1.165) is 16.6 Å². The number of hydrogen-bond acceptors (Lipinski definition) is 2. The molecule has 3 heteroatoms. The summed E-state index contributed by atoms with van der Waals surface area (Å²) in [5.41, 5.74) is 3.60. The van der Waals surface area contributed by atoms with Crippen LogP contribution < -0.4 is 5.76 Å². The standard InChI is InChI=1S/C15H13NO2/c1-11-6-5-9-13-14(11)18-15(17)16(13)10-12-7-3-2-4-8-12/h2-9H,10H2,1H3. The molecule has 0 spiro atoms. The molecule has 0 N–H and O–H groups in total. The number of fused-ring (bicyclic) bond motifs is 1. The van der Waals surface area contributed by atoms with Gasteiger partial charge in [-0.05, 0) is 24.1 Å². The Morgan fingerprint density at radius 3 is 2.61 bits per heavy atom. The van der Waals surface area contributed by atoms with Crippen molar-refractivity contribution < 1.29 is 4.42 Å². The molecular weight excluding hydrogens is 226 g/mol. The van der Waals surface area contributed by atoms with Crippen LogP contribution in [-0.2, 0) is 6.54 Å². The van der Waals surface area contributed by atoms with E-state index in [2.05, 4.69) is 0 Å². The van der Waals surface area contributed by atoms with Crippen LogP contribution in [0.25, 0.3) is 11.1 Å². The Morgan fingerprint density at radius 2 is 1.83 bits per heavy atom. The summed E-state index contributed by atoms with van der Waals surface area (Å²) in [5.74, 6) is -0.303. The van der Waals surface area contributed by atoms with E-state index >= 15 is 0 Å². The minimum absolute atomic E-state index is 0.303. The predicted molar refractivity (Wildman–Crippen MR) is 70.8 cm³/mol. The molecule has 0 aliphatic heterocycles. The number of aromatic nitrogens is 1. The molecule has 1 heterocycles. The average molecular weight is 239 g/mol. The summed E-state index contributed by atoms with van der Waals surface area (Å²) >= 11 is 0. The second-order valence-corrected chi connectivity index (χ2v) is 4.36. The van der Waals surface area contributed by atoms with Gasteiger partial charge in [-0.25, -0.2) is 4.79 Å². The van der Waals surface area contributed by atoms with Gasteiger partial charge in [0, 0.05) is 0 Å².